The van der Waals surface area contributed by atoms with Crippen molar-refractivity contribution in [3.05, 3.63) is 52.7 Å². The lowest BCUT2D eigenvalue weighted by Gasteiger charge is -2.11. The van der Waals surface area contributed by atoms with Crippen LogP contribution < -0.4 is 10.1 Å². The van der Waals surface area contributed by atoms with Gasteiger partial charge in [-0.3, -0.25) is 0 Å². The van der Waals surface area contributed by atoms with E-state index >= 15 is 0 Å². The van der Waals surface area contributed by atoms with Gasteiger partial charge in [-0.2, -0.15) is 0 Å². The van der Waals surface area contributed by atoms with Gasteiger partial charge in [-0.05, 0) is 55.0 Å². The highest BCUT2D eigenvalue weighted by molar-refractivity contribution is 5.87. The minimum Gasteiger partial charge on any atom is -0.478 e. The molecule has 0 unspecified atom stereocenters. The summed E-state index contributed by atoms with van der Waals surface area (Å²) in [4.78, 5) is 15.3. The van der Waals surface area contributed by atoms with Crippen LogP contribution in [0.15, 0.2) is 30.5 Å². The topological polar surface area (TPSA) is 71.5 Å². The number of carbonyl (C=O) groups is 1. The van der Waals surface area contributed by atoms with Crippen LogP contribution in [0.1, 0.15) is 47.3 Å². The normalized spacial score (nSPS) is 12.9. The molecule has 2 aromatic rings. The summed E-state index contributed by atoms with van der Waals surface area (Å²) in [6.45, 7) is 6.30. The van der Waals surface area contributed by atoms with E-state index in [1.807, 2.05) is 6.07 Å². The third-order valence-electron chi connectivity index (χ3n) is 4.40. The Bertz CT molecular complexity index is 772. The summed E-state index contributed by atoms with van der Waals surface area (Å²) >= 11 is 0. The molecule has 1 aromatic heterocycles. The Morgan fingerprint density at radius 1 is 1.28 bits per heavy atom. The molecule has 5 heteroatoms. The monoisotopic (exact) mass is 340 g/mol. The first-order valence-corrected chi connectivity index (χ1v) is 8.75. The molecule has 25 heavy (non-hydrogen) atoms. The second kappa shape index (κ2) is 7.66. The molecular formula is C20H24N2O3. The molecule has 0 spiro atoms. The van der Waals surface area contributed by atoms with E-state index < -0.39 is 5.97 Å². The number of benzene rings is 1. The van der Waals surface area contributed by atoms with Crippen molar-refractivity contribution in [2.45, 2.75) is 39.7 Å². The van der Waals surface area contributed by atoms with Crippen LogP contribution in [-0.4, -0.2) is 22.6 Å². The molecule has 1 aliphatic heterocycles. The number of carboxylic acid groups (broad SMARTS) is 1. The molecule has 0 saturated heterocycles. The third kappa shape index (κ3) is 4.37. The van der Waals surface area contributed by atoms with Crippen LogP contribution in [0.3, 0.4) is 0 Å². The highest BCUT2D eigenvalue weighted by Gasteiger charge is 2.18. The third-order valence-corrected chi connectivity index (χ3v) is 4.40. The zero-order valence-corrected chi connectivity index (χ0v) is 14.7. The highest BCUT2D eigenvalue weighted by atomic mass is 16.5. The van der Waals surface area contributed by atoms with Crippen molar-refractivity contribution < 1.29 is 14.6 Å². The number of nitrogens with one attached hydrogen (secondary N) is 1. The summed E-state index contributed by atoms with van der Waals surface area (Å²) in [6.07, 6.45) is 4.05. The Hall–Kier alpha value is -2.40. The van der Waals surface area contributed by atoms with Gasteiger partial charge in [-0.25, -0.2) is 9.78 Å². The van der Waals surface area contributed by atoms with Gasteiger partial charge in [0.05, 0.1) is 5.56 Å². The van der Waals surface area contributed by atoms with Crippen molar-refractivity contribution in [2.75, 3.05) is 6.54 Å². The summed E-state index contributed by atoms with van der Waals surface area (Å²) in [6, 6.07) is 7.88. The maximum atomic E-state index is 11.1. The van der Waals surface area contributed by atoms with Gasteiger partial charge in [-0.1, -0.05) is 26.0 Å². The number of nitrogens with zero attached hydrogens (tertiary/aromatic N) is 1. The number of hydrogen-bond acceptors (Lipinski definition) is 4. The number of aromatic carboxylic acids is 1. The van der Waals surface area contributed by atoms with Crippen molar-refractivity contribution in [2.24, 2.45) is 5.92 Å². The summed E-state index contributed by atoms with van der Waals surface area (Å²) in [7, 11) is 0. The van der Waals surface area contributed by atoms with Gasteiger partial charge in [0.15, 0.2) is 0 Å². The van der Waals surface area contributed by atoms with Crippen LogP contribution in [0.2, 0.25) is 0 Å². The van der Waals surface area contributed by atoms with Crippen LogP contribution >= 0.6 is 0 Å². The molecule has 132 valence electrons. The standard InChI is InChI=1S/C20H24N2O3/c1-13(2)7-8-21-11-14-3-6-18-15(9-14)4-5-16-10-17(20(23)24)12-22-19(16)25-18/h3,6,9-10,12-13,21H,4-5,7-8,11H2,1-2H3,(H,23,24). The minimum atomic E-state index is -0.966. The summed E-state index contributed by atoms with van der Waals surface area (Å²) < 4.78 is 5.92. The molecule has 0 radical (unpaired) electrons. The number of carboxylic acids is 1. The average molecular weight is 340 g/mol. The Kier molecular flexibility index (Phi) is 5.34. The fraction of sp³-hybridized carbons (Fsp3) is 0.400. The number of hydrogen-bond donors (Lipinski definition) is 2. The van der Waals surface area contributed by atoms with E-state index in [-0.39, 0.29) is 5.56 Å². The SMILES string of the molecule is CC(C)CCNCc1ccc2c(c1)CCc1cc(C(=O)O)cnc1O2. The summed E-state index contributed by atoms with van der Waals surface area (Å²) in [5.41, 5.74) is 3.41. The zero-order chi connectivity index (χ0) is 17.8. The van der Waals surface area contributed by atoms with Crippen LogP contribution in [0.4, 0.5) is 0 Å². The molecule has 2 N–H and O–H groups in total. The van der Waals surface area contributed by atoms with Gasteiger partial charge in [-0.15, -0.1) is 0 Å². The predicted molar refractivity (Wildman–Crippen MR) is 96.3 cm³/mol. The fourth-order valence-electron chi connectivity index (χ4n) is 2.92. The zero-order valence-electron chi connectivity index (χ0n) is 14.7. The second-order valence-corrected chi connectivity index (χ2v) is 6.90. The Labute approximate surface area is 148 Å². The minimum absolute atomic E-state index is 0.198. The fourth-order valence-corrected chi connectivity index (χ4v) is 2.92. The molecule has 0 amide bonds. The summed E-state index contributed by atoms with van der Waals surface area (Å²) in [5.74, 6) is 1.05. The average Bonchev–Trinajstić information content (AvgIpc) is 2.76. The summed E-state index contributed by atoms with van der Waals surface area (Å²) in [5, 5.41) is 12.6. The number of fused-ring (bicyclic) bond motifs is 2. The Balaban J connectivity index is 1.71. The van der Waals surface area contributed by atoms with Crippen LogP contribution in [0, 0.1) is 5.92 Å². The van der Waals surface area contributed by atoms with Crippen molar-refractivity contribution in [1.29, 1.82) is 0 Å². The van der Waals surface area contributed by atoms with Crippen molar-refractivity contribution in [1.82, 2.24) is 10.3 Å². The van der Waals surface area contributed by atoms with Crippen LogP contribution in [-0.2, 0) is 19.4 Å². The molecule has 0 bridgehead atoms. The number of ether oxygens (including phenoxy) is 1. The van der Waals surface area contributed by atoms with Gasteiger partial charge in [0.1, 0.15) is 5.75 Å². The Morgan fingerprint density at radius 2 is 2.08 bits per heavy atom. The van der Waals surface area contributed by atoms with Crippen molar-refractivity contribution >= 4 is 5.97 Å². The van der Waals surface area contributed by atoms with Gasteiger partial charge in [0.25, 0.3) is 0 Å². The van der Waals surface area contributed by atoms with Gasteiger partial charge < -0.3 is 15.2 Å². The lowest BCUT2D eigenvalue weighted by molar-refractivity contribution is 0.0696. The predicted octanol–water partition coefficient (Wildman–Crippen LogP) is 3.81. The van der Waals surface area contributed by atoms with Gasteiger partial charge in [0, 0.05) is 18.3 Å². The molecular weight excluding hydrogens is 316 g/mol. The van der Waals surface area contributed by atoms with E-state index in [1.165, 1.54) is 18.2 Å². The molecule has 0 fully saturated rings. The van der Waals surface area contributed by atoms with E-state index in [0.717, 1.165) is 42.8 Å². The number of rotatable bonds is 6. The number of aromatic nitrogens is 1. The van der Waals surface area contributed by atoms with Gasteiger partial charge >= 0.3 is 5.97 Å². The van der Waals surface area contributed by atoms with E-state index in [0.29, 0.717) is 11.8 Å². The van der Waals surface area contributed by atoms with Crippen molar-refractivity contribution in [3.63, 3.8) is 0 Å². The molecule has 0 atom stereocenters. The lowest BCUT2D eigenvalue weighted by atomic mass is 10.0. The quantitative estimate of drug-likeness (QED) is 0.783. The Morgan fingerprint density at radius 3 is 2.84 bits per heavy atom. The highest BCUT2D eigenvalue weighted by Crippen LogP contribution is 2.33. The molecule has 0 aliphatic carbocycles. The number of aryl methyl sites for hydroxylation is 2. The van der Waals surface area contributed by atoms with Crippen molar-refractivity contribution in [3.8, 4) is 11.6 Å². The second-order valence-electron chi connectivity index (χ2n) is 6.90. The van der Waals surface area contributed by atoms with Crippen LogP contribution in [0.25, 0.3) is 0 Å². The molecule has 1 aliphatic rings. The van der Waals surface area contributed by atoms with Gasteiger partial charge in [0.2, 0.25) is 5.88 Å². The first-order chi connectivity index (χ1) is 12.0. The van der Waals surface area contributed by atoms with Crippen LogP contribution in [0.5, 0.6) is 11.6 Å². The van der Waals surface area contributed by atoms with E-state index in [1.54, 1.807) is 6.07 Å². The maximum absolute atomic E-state index is 11.1. The van der Waals surface area contributed by atoms with E-state index in [2.05, 4.69) is 36.3 Å². The molecule has 0 saturated carbocycles. The lowest BCUT2D eigenvalue weighted by Crippen LogP contribution is -2.16. The number of pyridine rings is 1. The van der Waals surface area contributed by atoms with E-state index in [4.69, 9.17) is 9.84 Å². The largest absolute Gasteiger partial charge is 0.478 e. The molecule has 3 rings (SSSR count). The first-order valence-electron chi connectivity index (χ1n) is 8.75. The molecule has 2 heterocycles. The smallest absolute Gasteiger partial charge is 0.337 e. The maximum Gasteiger partial charge on any atom is 0.337 e. The molecule has 1 aromatic carbocycles. The van der Waals surface area contributed by atoms with E-state index in [9.17, 15) is 4.79 Å². The first kappa shape index (κ1) is 17.4. The molecule has 5 nitrogen and oxygen atoms in total.